The fourth-order valence-corrected chi connectivity index (χ4v) is 5.92. The molecule has 0 saturated carbocycles. The topological polar surface area (TPSA) is 189 Å². The van der Waals surface area contributed by atoms with E-state index in [9.17, 15) is 24.6 Å². The number of guanidine groups is 1. The molecule has 4 saturated heterocycles. The average Bonchev–Trinajstić information content (AvgIpc) is 3.46. The molecule has 4 atom stereocenters. The Bertz CT molecular complexity index is 1220. The van der Waals surface area contributed by atoms with Crippen LogP contribution in [-0.4, -0.2) is 99.6 Å². The molecular weight excluding hydrogens is 486 g/mol. The van der Waals surface area contributed by atoms with Crippen LogP contribution in [0.1, 0.15) is 23.2 Å². The monoisotopic (exact) mass is 513 g/mol. The highest BCUT2D eigenvalue weighted by atomic mass is 16.6. The molecule has 0 bridgehead atoms. The highest BCUT2D eigenvalue weighted by molar-refractivity contribution is 6.02. The number of amides is 3. The molecule has 0 radical (unpaired) electrons. The van der Waals surface area contributed by atoms with Crippen molar-refractivity contribution >= 4 is 23.7 Å². The molecule has 0 aliphatic carbocycles. The first-order valence-corrected chi connectivity index (χ1v) is 12.0. The van der Waals surface area contributed by atoms with E-state index in [1.54, 1.807) is 18.2 Å². The fourth-order valence-electron chi connectivity index (χ4n) is 5.92. The number of nitrogens with one attached hydrogen (secondary N) is 5. The van der Waals surface area contributed by atoms with Crippen LogP contribution in [0, 0.1) is 5.41 Å². The molecule has 1 aromatic rings. The highest BCUT2D eigenvalue weighted by Crippen LogP contribution is 2.44. The highest BCUT2D eigenvalue weighted by Gasteiger charge is 2.74. The molecule has 0 aromatic heterocycles. The number of fused-ring (bicyclic) bond motifs is 1. The second-order valence-electron chi connectivity index (χ2n) is 9.68. The van der Waals surface area contributed by atoms with Gasteiger partial charge in [-0.3, -0.25) is 24.7 Å². The zero-order valence-corrected chi connectivity index (χ0v) is 19.7. The second kappa shape index (κ2) is 7.98. The number of carbonyl (C=O) groups excluding carboxylic acids is 3. The lowest BCUT2D eigenvalue weighted by Crippen LogP contribution is -2.81. The summed E-state index contributed by atoms with van der Waals surface area (Å²) in [4.78, 5) is 40.3. The van der Waals surface area contributed by atoms with Crippen LogP contribution in [0.2, 0.25) is 0 Å². The summed E-state index contributed by atoms with van der Waals surface area (Å²) in [6, 6.07) is 2.02. The molecular formula is C23H27N7O7. The van der Waals surface area contributed by atoms with Crippen LogP contribution in [-0.2, 0) is 9.59 Å². The van der Waals surface area contributed by atoms with Gasteiger partial charge in [0.05, 0.1) is 30.0 Å². The van der Waals surface area contributed by atoms with Crippen molar-refractivity contribution in [1.29, 1.82) is 5.41 Å². The molecule has 14 heteroatoms. The molecule has 1 aromatic carbocycles. The van der Waals surface area contributed by atoms with Crippen molar-refractivity contribution in [3.8, 4) is 11.5 Å². The smallest absolute Gasteiger partial charge is 0.255 e. The van der Waals surface area contributed by atoms with Crippen LogP contribution >= 0.6 is 0 Å². The molecule has 6 rings (SSSR count). The van der Waals surface area contributed by atoms with Gasteiger partial charge in [-0.25, -0.2) is 0 Å². The number of para-hydroxylation sites is 1. The number of ether oxygens (including phenoxy) is 2. The molecule has 5 heterocycles. The van der Waals surface area contributed by atoms with Gasteiger partial charge in [-0.1, -0.05) is 12.6 Å². The first-order valence-electron chi connectivity index (χ1n) is 12.0. The first-order chi connectivity index (χ1) is 17.6. The normalized spacial score (nSPS) is 31.4. The maximum atomic E-state index is 13.3. The average molecular weight is 514 g/mol. The summed E-state index contributed by atoms with van der Waals surface area (Å²) >= 11 is 0. The Labute approximate surface area is 211 Å². The molecule has 3 amide bonds. The van der Waals surface area contributed by atoms with E-state index in [0.29, 0.717) is 12.4 Å². The maximum Gasteiger partial charge on any atom is 0.255 e. The van der Waals surface area contributed by atoms with Gasteiger partial charge >= 0.3 is 0 Å². The van der Waals surface area contributed by atoms with E-state index in [0.717, 1.165) is 4.90 Å². The first kappa shape index (κ1) is 23.4. The number of aliphatic hydroxyl groups is 2. The Morgan fingerprint density at radius 1 is 1.19 bits per heavy atom. The summed E-state index contributed by atoms with van der Waals surface area (Å²) in [7, 11) is 0. The van der Waals surface area contributed by atoms with Crippen molar-refractivity contribution in [3.63, 3.8) is 0 Å². The minimum atomic E-state index is -2.61. The van der Waals surface area contributed by atoms with Crippen LogP contribution in [0.5, 0.6) is 11.5 Å². The predicted octanol–water partition coefficient (Wildman–Crippen LogP) is -2.66. The summed E-state index contributed by atoms with van der Waals surface area (Å²) in [6.45, 7) is 4.27. The third-order valence-electron chi connectivity index (χ3n) is 7.60. The summed E-state index contributed by atoms with van der Waals surface area (Å²) in [5.41, 5.74) is -1.55. The van der Waals surface area contributed by atoms with Gasteiger partial charge in [-0.05, 0) is 12.1 Å². The Hall–Kier alpha value is -4.04. The standard InChI is InChI=1S/C23H27N7O7/c1-11-25-19-13(9-29-16(31)5-6-17(29)32)26-21(24)30-10-15(23(34,35)22(19,30)28-11)27-20(33)12-3-2-4-14-18(12)37-8-7-36-14/h2-4,13,15,19,25,28,34-35H,1,5-10H2,(H2,24,26)(H,27,33)/t13-,15-,19-,22-/m0/s1. The van der Waals surface area contributed by atoms with Crippen molar-refractivity contribution in [2.75, 3.05) is 26.3 Å². The fraction of sp³-hybridized carbons (Fsp3) is 0.478. The Balaban J connectivity index is 1.31. The van der Waals surface area contributed by atoms with Crippen LogP contribution in [0.15, 0.2) is 30.6 Å². The summed E-state index contributed by atoms with van der Waals surface area (Å²) in [5.74, 6) is -3.10. The number of nitrogens with zero attached hydrogens (tertiary/aromatic N) is 2. The lowest BCUT2D eigenvalue weighted by molar-refractivity contribution is -0.233. The number of hydrogen-bond acceptors (Lipinski definition) is 10. The van der Waals surface area contributed by atoms with Gasteiger partial charge in [-0.2, -0.15) is 0 Å². The summed E-state index contributed by atoms with van der Waals surface area (Å²) < 4.78 is 11.2. The van der Waals surface area contributed by atoms with Gasteiger partial charge < -0.3 is 45.9 Å². The number of imide groups is 1. The minimum absolute atomic E-state index is 0.0805. The van der Waals surface area contributed by atoms with Crippen LogP contribution in [0.3, 0.4) is 0 Å². The van der Waals surface area contributed by atoms with Crippen molar-refractivity contribution < 1.29 is 34.1 Å². The van der Waals surface area contributed by atoms with Crippen molar-refractivity contribution in [3.05, 3.63) is 36.2 Å². The van der Waals surface area contributed by atoms with Crippen molar-refractivity contribution in [2.45, 2.75) is 42.4 Å². The molecule has 5 aliphatic heterocycles. The van der Waals surface area contributed by atoms with Crippen LogP contribution in [0.25, 0.3) is 0 Å². The largest absolute Gasteiger partial charge is 0.486 e. The third kappa shape index (κ3) is 3.25. The molecule has 1 spiro atoms. The van der Waals surface area contributed by atoms with Gasteiger partial charge in [0.1, 0.15) is 19.3 Å². The van der Waals surface area contributed by atoms with E-state index >= 15 is 0 Å². The zero-order chi connectivity index (χ0) is 26.1. The number of rotatable bonds is 4. The zero-order valence-electron chi connectivity index (χ0n) is 19.7. The Kier molecular flexibility index (Phi) is 5.04. The second-order valence-corrected chi connectivity index (χ2v) is 9.68. The number of benzene rings is 1. The lowest BCUT2D eigenvalue weighted by atomic mass is 9.84. The maximum absolute atomic E-state index is 13.3. The molecule has 4 fully saturated rings. The van der Waals surface area contributed by atoms with Crippen LogP contribution in [0.4, 0.5) is 0 Å². The minimum Gasteiger partial charge on any atom is -0.486 e. The molecule has 196 valence electrons. The van der Waals surface area contributed by atoms with Gasteiger partial charge in [-0.15, -0.1) is 0 Å². The van der Waals surface area contributed by atoms with Crippen LogP contribution < -0.4 is 30.7 Å². The molecule has 5 aliphatic rings. The van der Waals surface area contributed by atoms with Gasteiger partial charge in [0.15, 0.2) is 23.1 Å². The van der Waals surface area contributed by atoms with Crippen molar-refractivity contribution in [2.24, 2.45) is 0 Å². The van der Waals surface area contributed by atoms with Gasteiger partial charge in [0, 0.05) is 19.4 Å². The molecule has 0 unspecified atom stereocenters. The van der Waals surface area contributed by atoms with Gasteiger partial charge in [0.25, 0.3) is 5.91 Å². The molecule has 37 heavy (non-hydrogen) atoms. The van der Waals surface area contributed by atoms with E-state index in [-0.39, 0.29) is 67.4 Å². The quantitative estimate of drug-likeness (QED) is 0.164. The molecule has 14 nitrogen and oxygen atoms in total. The van der Waals surface area contributed by atoms with Crippen molar-refractivity contribution in [1.82, 2.24) is 31.1 Å². The summed E-state index contributed by atoms with van der Waals surface area (Å²) in [5, 5.41) is 43.5. The van der Waals surface area contributed by atoms with Gasteiger partial charge in [0.2, 0.25) is 17.6 Å². The number of hydrogen-bond donors (Lipinski definition) is 7. The third-order valence-corrected chi connectivity index (χ3v) is 7.60. The Morgan fingerprint density at radius 3 is 2.68 bits per heavy atom. The number of carbonyl (C=O) groups is 3. The van der Waals surface area contributed by atoms with E-state index in [4.69, 9.17) is 14.9 Å². The van der Waals surface area contributed by atoms with E-state index < -0.39 is 35.5 Å². The van der Waals surface area contributed by atoms with E-state index in [1.807, 2.05) is 0 Å². The molecule has 7 N–H and O–H groups in total. The van der Waals surface area contributed by atoms with E-state index in [1.165, 1.54) is 4.90 Å². The van der Waals surface area contributed by atoms with E-state index in [2.05, 4.69) is 27.8 Å². The Morgan fingerprint density at radius 2 is 1.92 bits per heavy atom. The summed E-state index contributed by atoms with van der Waals surface area (Å²) in [6.07, 6.45) is 0.221. The number of likely N-dealkylation sites (tertiary alicyclic amines) is 1. The lowest BCUT2D eigenvalue weighted by Gasteiger charge is -2.51. The SMILES string of the molecule is C=C1N[C@H]2[C@H](CN3C(=O)CCC3=O)NC(=N)N3C[C@H](NC(=O)c4cccc5c4OCCO5)C(O)(O)[C@]23N1. The predicted molar refractivity (Wildman–Crippen MR) is 125 cm³/mol.